The van der Waals surface area contributed by atoms with Crippen molar-refractivity contribution in [3.8, 4) is 0 Å². The van der Waals surface area contributed by atoms with Gasteiger partial charge in [0.15, 0.2) is 0 Å². The molecule has 4 bridgehead atoms. The molecule has 4 fully saturated rings. The van der Waals surface area contributed by atoms with Crippen LogP contribution in [0.2, 0.25) is 0 Å². The first-order chi connectivity index (χ1) is 13.7. The zero-order valence-electron chi connectivity index (χ0n) is 16.7. The highest BCUT2D eigenvalue weighted by atomic mass is 35.5. The Morgan fingerprint density at radius 1 is 0.929 bits per heavy atom. The van der Waals surface area contributed by atoms with Crippen LogP contribution in [-0.2, 0) is 0 Å². The summed E-state index contributed by atoms with van der Waals surface area (Å²) in [4.78, 5) is 17.1. The van der Waals surface area contributed by atoms with Gasteiger partial charge in [-0.05, 0) is 67.7 Å². The lowest BCUT2D eigenvalue weighted by molar-refractivity contribution is -0.0290. The lowest BCUT2D eigenvalue weighted by atomic mass is 9.68. The molecule has 2 unspecified atom stereocenters. The summed E-state index contributed by atoms with van der Waals surface area (Å²) in [6, 6.07) is 12.1. The Morgan fingerprint density at radius 3 is 2.18 bits per heavy atom. The number of fused-ring (bicyclic) bond motifs is 4. The molecule has 3 nitrogen and oxygen atoms in total. The van der Waals surface area contributed by atoms with Crippen molar-refractivity contribution in [1.82, 2.24) is 4.90 Å². The number of benzene rings is 1. The molecule has 0 radical (unpaired) electrons. The van der Waals surface area contributed by atoms with Crippen LogP contribution in [0, 0.1) is 18.3 Å². The van der Waals surface area contributed by atoms with E-state index in [2.05, 4.69) is 11.3 Å². The van der Waals surface area contributed by atoms with Crippen LogP contribution >= 0.6 is 11.6 Å². The maximum Gasteiger partial charge on any atom is 0.321 e. The summed E-state index contributed by atoms with van der Waals surface area (Å²) in [6.07, 6.45) is 15.6. The SMILES string of the molecule is O=C(Cl)N(c1ccccc1)C1C[C@H]2C[CH+]C[C@@H](C1)N2C1C[C@H]2CCC[C@@H](C1)C2. The summed E-state index contributed by atoms with van der Waals surface area (Å²) in [5, 5.41) is -0.334. The molecule has 28 heavy (non-hydrogen) atoms. The van der Waals surface area contributed by atoms with E-state index in [4.69, 9.17) is 11.6 Å². The van der Waals surface area contributed by atoms with Gasteiger partial charge in [0.25, 0.3) is 0 Å². The molecule has 0 aromatic heterocycles. The number of hydrogen-bond acceptors (Lipinski definition) is 2. The van der Waals surface area contributed by atoms with Crippen LogP contribution in [0.4, 0.5) is 10.5 Å². The van der Waals surface area contributed by atoms with E-state index in [1.165, 1.54) is 38.5 Å². The number of anilines is 1. The smallest absolute Gasteiger partial charge is 0.296 e. The Labute approximate surface area is 174 Å². The molecule has 4 heteroatoms. The second-order valence-electron chi connectivity index (χ2n) is 9.62. The van der Waals surface area contributed by atoms with Gasteiger partial charge in [0.1, 0.15) is 12.8 Å². The third-order valence-electron chi connectivity index (χ3n) is 7.92. The normalized spacial score (nSPS) is 37.8. The molecule has 0 spiro atoms. The van der Waals surface area contributed by atoms with E-state index in [1.54, 1.807) is 0 Å². The van der Waals surface area contributed by atoms with Gasteiger partial charge in [0.2, 0.25) is 0 Å². The molecule has 1 amide bonds. The predicted octanol–water partition coefficient (Wildman–Crippen LogP) is 6.02. The number of hydrogen-bond donors (Lipinski definition) is 0. The number of piperidine rings is 2. The lowest BCUT2D eigenvalue weighted by Gasteiger charge is -2.54. The first-order valence-corrected chi connectivity index (χ1v) is 11.7. The molecule has 4 aliphatic rings. The van der Waals surface area contributed by atoms with Crippen LogP contribution in [0.3, 0.4) is 0 Å². The van der Waals surface area contributed by atoms with Gasteiger partial charge in [-0.3, -0.25) is 14.6 Å². The first kappa shape index (κ1) is 18.8. The zero-order chi connectivity index (χ0) is 19.1. The molecule has 0 N–H and O–H groups in total. The number of carbonyl (C=O) groups excluding carboxylic acids is 1. The summed E-state index contributed by atoms with van der Waals surface area (Å²) in [5.41, 5.74) is 0.940. The van der Waals surface area contributed by atoms with Crippen molar-refractivity contribution in [3.05, 3.63) is 36.8 Å². The maximum atomic E-state index is 12.3. The van der Waals surface area contributed by atoms with Crippen LogP contribution in [0.15, 0.2) is 30.3 Å². The second kappa shape index (κ2) is 7.91. The van der Waals surface area contributed by atoms with Crippen LogP contribution in [0.25, 0.3) is 0 Å². The second-order valence-corrected chi connectivity index (χ2v) is 9.95. The number of para-hydroxylation sites is 1. The van der Waals surface area contributed by atoms with Crippen LogP contribution in [-0.4, -0.2) is 34.4 Å². The van der Waals surface area contributed by atoms with E-state index in [9.17, 15) is 4.79 Å². The van der Waals surface area contributed by atoms with E-state index < -0.39 is 0 Å². The zero-order valence-corrected chi connectivity index (χ0v) is 17.4. The van der Waals surface area contributed by atoms with Crippen molar-refractivity contribution in [3.63, 3.8) is 0 Å². The Balaban J connectivity index is 1.36. The lowest BCUT2D eigenvalue weighted by Crippen LogP contribution is -2.61. The minimum absolute atomic E-state index is 0.218. The highest BCUT2D eigenvalue weighted by Crippen LogP contribution is 2.46. The van der Waals surface area contributed by atoms with E-state index in [0.29, 0.717) is 12.1 Å². The molecule has 2 saturated carbocycles. The largest absolute Gasteiger partial charge is 0.321 e. The number of carbonyl (C=O) groups is 1. The average molecular weight is 400 g/mol. The molecular formula is C24H32ClN2O+. The number of rotatable bonds is 3. The van der Waals surface area contributed by atoms with E-state index >= 15 is 0 Å². The molecule has 6 atom stereocenters. The van der Waals surface area contributed by atoms with Gasteiger partial charge in [-0.25, -0.2) is 0 Å². The fourth-order valence-corrected chi connectivity index (χ4v) is 7.21. The van der Waals surface area contributed by atoms with Crippen LogP contribution in [0.1, 0.15) is 64.2 Å². The molecular weight excluding hydrogens is 368 g/mol. The molecule has 2 aliphatic carbocycles. The minimum atomic E-state index is -0.334. The van der Waals surface area contributed by atoms with Gasteiger partial charge in [-0.1, -0.05) is 37.5 Å². The van der Waals surface area contributed by atoms with Crippen molar-refractivity contribution >= 4 is 22.7 Å². The maximum absolute atomic E-state index is 12.3. The highest BCUT2D eigenvalue weighted by Gasteiger charge is 2.49. The van der Waals surface area contributed by atoms with Crippen molar-refractivity contribution in [2.75, 3.05) is 4.90 Å². The van der Waals surface area contributed by atoms with Gasteiger partial charge in [-0.15, -0.1) is 0 Å². The Morgan fingerprint density at radius 2 is 1.57 bits per heavy atom. The van der Waals surface area contributed by atoms with Crippen molar-refractivity contribution < 1.29 is 4.79 Å². The Kier molecular flexibility index (Phi) is 5.32. The minimum Gasteiger partial charge on any atom is -0.296 e. The molecule has 150 valence electrons. The van der Waals surface area contributed by atoms with E-state index in [0.717, 1.165) is 49.2 Å². The molecule has 2 aliphatic heterocycles. The summed E-state index contributed by atoms with van der Waals surface area (Å²) < 4.78 is 0. The molecule has 2 heterocycles. The first-order valence-electron chi connectivity index (χ1n) is 11.3. The van der Waals surface area contributed by atoms with Gasteiger partial charge < -0.3 is 0 Å². The third-order valence-corrected chi connectivity index (χ3v) is 8.10. The van der Waals surface area contributed by atoms with Gasteiger partial charge in [0.05, 0.1) is 18.5 Å². The predicted molar refractivity (Wildman–Crippen MR) is 115 cm³/mol. The quantitative estimate of drug-likeness (QED) is 0.352. The highest BCUT2D eigenvalue weighted by molar-refractivity contribution is 6.66. The average Bonchev–Trinajstić information content (AvgIpc) is 2.67. The van der Waals surface area contributed by atoms with Crippen molar-refractivity contribution in [1.29, 1.82) is 0 Å². The number of halogens is 1. The fourth-order valence-electron chi connectivity index (χ4n) is 6.97. The molecule has 1 aromatic rings. The number of nitrogens with zero attached hydrogens (tertiary/aromatic N) is 2. The van der Waals surface area contributed by atoms with Crippen LogP contribution in [0.5, 0.6) is 0 Å². The third kappa shape index (κ3) is 3.57. The molecule has 5 rings (SSSR count). The number of amides is 1. The molecule has 2 saturated heterocycles. The molecule has 1 aromatic carbocycles. The fraction of sp³-hybridized carbons (Fsp3) is 0.667. The van der Waals surface area contributed by atoms with E-state index in [-0.39, 0.29) is 11.4 Å². The van der Waals surface area contributed by atoms with Crippen molar-refractivity contribution in [2.45, 2.75) is 88.4 Å². The topological polar surface area (TPSA) is 23.6 Å². The van der Waals surface area contributed by atoms with Gasteiger partial charge in [0, 0.05) is 17.8 Å². The summed E-state index contributed by atoms with van der Waals surface area (Å²) in [7, 11) is 0. The monoisotopic (exact) mass is 399 g/mol. The van der Waals surface area contributed by atoms with Gasteiger partial charge in [-0.2, -0.15) is 0 Å². The summed E-state index contributed by atoms with van der Waals surface area (Å²) >= 11 is 6.08. The van der Waals surface area contributed by atoms with Crippen molar-refractivity contribution in [2.24, 2.45) is 11.8 Å². The van der Waals surface area contributed by atoms with Gasteiger partial charge >= 0.3 is 5.37 Å². The standard InChI is InChI=1S/C24H32ClN2O/c25-24(28)27(19-8-2-1-3-9-19)23-15-20-10-5-11-21(16-23)26(20)22-13-17-6-4-7-18(12-17)14-22/h1-3,5,8-9,17-18,20-23H,4,6-7,10-16H2/q+1/t17-,18+,20-,21+,22?,23?. The Hall–Kier alpha value is -1.19. The Bertz CT molecular complexity index is 669. The van der Waals surface area contributed by atoms with E-state index in [1.807, 2.05) is 35.2 Å². The summed E-state index contributed by atoms with van der Waals surface area (Å²) in [6.45, 7) is 0. The summed E-state index contributed by atoms with van der Waals surface area (Å²) in [5.74, 6) is 1.93. The van der Waals surface area contributed by atoms with Crippen LogP contribution < -0.4 is 4.90 Å².